The molecule has 0 saturated carbocycles. The fourth-order valence-corrected chi connectivity index (χ4v) is 3.59. The molecule has 2 aliphatic rings. The van der Waals surface area contributed by atoms with Crippen LogP contribution in [0.1, 0.15) is 28.3 Å². The highest BCUT2D eigenvalue weighted by Gasteiger charge is 2.29. The average molecular weight is 374 g/mol. The van der Waals surface area contributed by atoms with Crippen LogP contribution in [0.15, 0.2) is 46.9 Å². The second kappa shape index (κ2) is 5.89. The van der Waals surface area contributed by atoms with Gasteiger partial charge < -0.3 is 14.4 Å². The summed E-state index contributed by atoms with van der Waals surface area (Å²) in [6.45, 7) is 1.81. The molecule has 2 aromatic rings. The fourth-order valence-electron chi connectivity index (χ4n) is 3.19. The number of carbonyl (C=O) groups is 1. The van der Waals surface area contributed by atoms with Gasteiger partial charge in [0.2, 0.25) is 6.79 Å². The Morgan fingerprint density at radius 2 is 2.00 bits per heavy atom. The molecule has 0 spiro atoms. The van der Waals surface area contributed by atoms with Gasteiger partial charge in [-0.2, -0.15) is 0 Å². The molecular weight excluding hydrogens is 358 g/mol. The fraction of sp³-hybridized carbons (Fsp3) is 0.278. The second-order valence-electron chi connectivity index (χ2n) is 5.86. The largest absolute Gasteiger partial charge is 0.454 e. The molecule has 118 valence electrons. The van der Waals surface area contributed by atoms with Crippen molar-refractivity contribution in [1.82, 2.24) is 4.90 Å². The lowest BCUT2D eigenvalue weighted by atomic mass is 9.98. The minimum atomic E-state index is 0.0922. The predicted octanol–water partition coefficient (Wildman–Crippen LogP) is 3.81. The molecule has 4 nitrogen and oxygen atoms in total. The van der Waals surface area contributed by atoms with Crippen molar-refractivity contribution in [3.05, 3.63) is 58.1 Å². The minimum Gasteiger partial charge on any atom is -0.454 e. The van der Waals surface area contributed by atoms with E-state index in [9.17, 15) is 4.79 Å². The zero-order valence-electron chi connectivity index (χ0n) is 12.5. The summed E-state index contributed by atoms with van der Waals surface area (Å²) < 4.78 is 11.7. The summed E-state index contributed by atoms with van der Waals surface area (Å²) in [5.41, 5.74) is 1.93. The van der Waals surface area contributed by atoms with Crippen LogP contribution in [0.2, 0.25) is 0 Å². The number of carbonyl (C=O) groups excluding carboxylic acids is 1. The number of halogens is 1. The third kappa shape index (κ3) is 2.81. The highest BCUT2D eigenvalue weighted by molar-refractivity contribution is 9.10. The number of likely N-dealkylation sites (tertiary alicyclic amines) is 1. The van der Waals surface area contributed by atoms with Gasteiger partial charge in [-0.15, -0.1) is 0 Å². The Hall–Kier alpha value is -2.01. The first-order valence-corrected chi connectivity index (χ1v) is 8.44. The van der Waals surface area contributed by atoms with Gasteiger partial charge >= 0.3 is 0 Å². The molecule has 0 aromatic heterocycles. The van der Waals surface area contributed by atoms with E-state index in [4.69, 9.17) is 9.47 Å². The maximum Gasteiger partial charge on any atom is 0.253 e. The highest BCUT2D eigenvalue weighted by atomic mass is 79.9. The lowest BCUT2D eigenvalue weighted by molar-refractivity contribution is 0.0790. The van der Waals surface area contributed by atoms with Gasteiger partial charge in [0.25, 0.3) is 5.91 Å². The number of fused-ring (bicyclic) bond motifs is 1. The van der Waals surface area contributed by atoms with Crippen molar-refractivity contribution < 1.29 is 14.3 Å². The van der Waals surface area contributed by atoms with Gasteiger partial charge in [0, 0.05) is 29.0 Å². The smallest absolute Gasteiger partial charge is 0.253 e. The Morgan fingerprint density at radius 1 is 1.13 bits per heavy atom. The molecule has 2 aliphatic heterocycles. The molecule has 5 heteroatoms. The molecular formula is C18H16BrNO3. The van der Waals surface area contributed by atoms with Crippen LogP contribution in [0, 0.1) is 0 Å². The van der Waals surface area contributed by atoms with Gasteiger partial charge in [0.05, 0.1) is 0 Å². The molecule has 2 aromatic carbocycles. The van der Waals surface area contributed by atoms with E-state index in [0.29, 0.717) is 5.92 Å². The van der Waals surface area contributed by atoms with Crippen LogP contribution in [0.5, 0.6) is 11.5 Å². The molecule has 4 rings (SSSR count). The van der Waals surface area contributed by atoms with Crippen LogP contribution in [-0.4, -0.2) is 30.7 Å². The molecule has 1 saturated heterocycles. The van der Waals surface area contributed by atoms with Crippen LogP contribution in [0.4, 0.5) is 0 Å². The summed E-state index contributed by atoms with van der Waals surface area (Å²) in [6, 6.07) is 13.6. The summed E-state index contributed by atoms with van der Waals surface area (Å²) >= 11 is 3.42. The number of hydrogen-bond donors (Lipinski definition) is 0. The lowest BCUT2D eigenvalue weighted by Gasteiger charge is -2.17. The van der Waals surface area contributed by atoms with E-state index < -0.39 is 0 Å². The summed E-state index contributed by atoms with van der Waals surface area (Å²) in [5, 5.41) is 0. The molecule has 1 atom stereocenters. The Kier molecular flexibility index (Phi) is 3.73. The van der Waals surface area contributed by atoms with Gasteiger partial charge in [-0.25, -0.2) is 0 Å². The minimum absolute atomic E-state index is 0.0922. The van der Waals surface area contributed by atoms with Crippen LogP contribution in [0.25, 0.3) is 0 Å². The molecule has 1 fully saturated rings. The number of hydrogen-bond acceptors (Lipinski definition) is 3. The first-order valence-electron chi connectivity index (χ1n) is 7.65. The quantitative estimate of drug-likeness (QED) is 0.803. The Morgan fingerprint density at radius 3 is 2.87 bits per heavy atom. The average Bonchev–Trinajstić information content (AvgIpc) is 3.22. The van der Waals surface area contributed by atoms with Crippen molar-refractivity contribution in [3.63, 3.8) is 0 Å². The van der Waals surface area contributed by atoms with Gasteiger partial charge in [-0.1, -0.05) is 28.1 Å². The summed E-state index contributed by atoms with van der Waals surface area (Å²) in [7, 11) is 0. The van der Waals surface area contributed by atoms with Crippen LogP contribution in [-0.2, 0) is 0 Å². The third-order valence-corrected chi connectivity index (χ3v) is 4.91. The highest BCUT2D eigenvalue weighted by Crippen LogP contribution is 2.37. The standard InChI is InChI=1S/C18H16BrNO3/c19-15-3-1-2-13(8-15)18(21)20-7-6-14(10-20)12-4-5-16-17(9-12)23-11-22-16/h1-5,8-9,14H,6-7,10-11H2. The molecule has 0 aliphatic carbocycles. The normalized spacial score (nSPS) is 19.2. The SMILES string of the molecule is O=C(c1cccc(Br)c1)N1CCC(c2ccc3c(c2)OCO3)C1. The number of rotatable bonds is 2. The molecule has 0 bridgehead atoms. The monoisotopic (exact) mass is 373 g/mol. The van der Waals surface area contributed by atoms with Crippen molar-refractivity contribution >= 4 is 21.8 Å². The van der Waals surface area contributed by atoms with Crippen LogP contribution >= 0.6 is 15.9 Å². The Bertz CT molecular complexity index is 762. The number of amides is 1. The zero-order valence-corrected chi connectivity index (χ0v) is 14.1. The number of nitrogens with zero attached hydrogens (tertiary/aromatic N) is 1. The maximum atomic E-state index is 12.6. The third-order valence-electron chi connectivity index (χ3n) is 4.42. The van der Waals surface area contributed by atoms with Crippen LogP contribution < -0.4 is 9.47 Å². The first-order chi connectivity index (χ1) is 11.2. The molecule has 2 heterocycles. The number of ether oxygens (including phenoxy) is 2. The summed E-state index contributed by atoms with van der Waals surface area (Å²) in [5.74, 6) is 2.04. The van der Waals surface area contributed by atoms with Gasteiger partial charge in [0.15, 0.2) is 11.5 Å². The van der Waals surface area contributed by atoms with E-state index in [-0.39, 0.29) is 12.7 Å². The maximum absolute atomic E-state index is 12.6. The zero-order chi connectivity index (χ0) is 15.8. The van der Waals surface area contributed by atoms with Gasteiger partial charge in [-0.05, 0) is 42.3 Å². The van der Waals surface area contributed by atoms with Gasteiger partial charge in [0.1, 0.15) is 0 Å². The lowest BCUT2D eigenvalue weighted by Crippen LogP contribution is -2.28. The van der Waals surface area contributed by atoms with Crippen molar-refractivity contribution in [3.8, 4) is 11.5 Å². The van der Waals surface area contributed by atoms with Crippen molar-refractivity contribution in [2.24, 2.45) is 0 Å². The molecule has 1 amide bonds. The van der Waals surface area contributed by atoms with Crippen LogP contribution in [0.3, 0.4) is 0 Å². The van der Waals surface area contributed by atoms with Crippen molar-refractivity contribution in [2.75, 3.05) is 19.9 Å². The Labute approximate surface area is 143 Å². The molecule has 0 N–H and O–H groups in total. The van der Waals surface area contributed by atoms with Gasteiger partial charge in [-0.3, -0.25) is 4.79 Å². The molecule has 23 heavy (non-hydrogen) atoms. The Balaban J connectivity index is 1.50. The molecule has 1 unspecified atom stereocenters. The van der Waals surface area contributed by atoms with E-state index in [2.05, 4.69) is 22.0 Å². The first kappa shape index (κ1) is 14.6. The second-order valence-corrected chi connectivity index (χ2v) is 6.78. The van der Waals surface area contributed by atoms with E-state index >= 15 is 0 Å². The summed E-state index contributed by atoms with van der Waals surface area (Å²) in [4.78, 5) is 14.6. The van der Waals surface area contributed by atoms with E-state index in [1.807, 2.05) is 41.3 Å². The number of benzene rings is 2. The molecule has 0 radical (unpaired) electrons. The van der Waals surface area contributed by atoms with E-state index in [1.54, 1.807) is 0 Å². The summed E-state index contributed by atoms with van der Waals surface area (Å²) in [6.07, 6.45) is 0.972. The van der Waals surface area contributed by atoms with Crippen molar-refractivity contribution in [2.45, 2.75) is 12.3 Å². The van der Waals surface area contributed by atoms with E-state index in [1.165, 1.54) is 5.56 Å². The van der Waals surface area contributed by atoms with E-state index in [0.717, 1.165) is 41.0 Å². The topological polar surface area (TPSA) is 38.8 Å². The van der Waals surface area contributed by atoms with Crippen molar-refractivity contribution in [1.29, 1.82) is 0 Å². The predicted molar refractivity (Wildman–Crippen MR) is 90.0 cm³/mol.